The van der Waals surface area contributed by atoms with E-state index in [1.54, 1.807) is 0 Å². The van der Waals surface area contributed by atoms with Crippen LogP contribution >= 0.6 is 11.5 Å². The van der Waals surface area contributed by atoms with Crippen molar-refractivity contribution in [3.63, 3.8) is 0 Å². The molecule has 2 nitrogen and oxygen atoms in total. The molecule has 2 N–H and O–H groups in total. The lowest BCUT2D eigenvalue weighted by molar-refractivity contribution is 1.15. The van der Waals surface area contributed by atoms with Crippen LogP contribution in [-0.2, 0) is 6.42 Å². The summed E-state index contributed by atoms with van der Waals surface area (Å²) in [4.78, 5) is 0. The number of hydrogen-bond acceptors (Lipinski definition) is 3. The van der Waals surface area contributed by atoms with Crippen molar-refractivity contribution in [2.45, 2.75) is 13.3 Å². The maximum absolute atomic E-state index is 5.70. The molecule has 12 heavy (non-hydrogen) atoms. The minimum absolute atomic E-state index is 0.658. The molecule has 0 saturated heterocycles. The molecule has 2 rings (SSSR count). The molecule has 3 heteroatoms. The average Bonchev–Trinajstić information content (AvgIpc) is 2.47. The highest BCUT2D eigenvalue weighted by Gasteiger charge is 2.01. The topological polar surface area (TPSA) is 38.9 Å². The van der Waals surface area contributed by atoms with Crippen molar-refractivity contribution in [3.8, 4) is 0 Å². The standard InChI is InChI=1S/C9H10N2S/c1-2-6-3-4-8-7(5-6)9(10)11-12-8/h3-5H,2H2,1H3,(H2,10,11). The largest absolute Gasteiger partial charge is 0.382 e. The molecule has 1 aromatic heterocycles. The molecule has 0 spiro atoms. The van der Waals surface area contributed by atoms with Crippen LogP contribution in [0.2, 0.25) is 0 Å². The number of aromatic nitrogens is 1. The van der Waals surface area contributed by atoms with Gasteiger partial charge < -0.3 is 5.73 Å². The van der Waals surface area contributed by atoms with Crippen LogP contribution in [-0.4, -0.2) is 4.37 Å². The molecule has 0 unspecified atom stereocenters. The van der Waals surface area contributed by atoms with Gasteiger partial charge in [-0.25, -0.2) is 0 Å². The first-order valence-electron chi connectivity index (χ1n) is 3.95. The maximum atomic E-state index is 5.70. The molecule has 0 atom stereocenters. The third-order valence-corrected chi connectivity index (χ3v) is 2.81. The first-order chi connectivity index (χ1) is 5.81. The zero-order chi connectivity index (χ0) is 8.55. The molecule has 0 aliphatic carbocycles. The second-order valence-electron chi connectivity index (χ2n) is 2.75. The Morgan fingerprint density at radius 3 is 3.08 bits per heavy atom. The van der Waals surface area contributed by atoms with Crippen molar-refractivity contribution in [2.24, 2.45) is 0 Å². The maximum Gasteiger partial charge on any atom is 0.144 e. The van der Waals surface area contributed by atoms with E-state index in [2.05, 4.69) is 29.5 Å². The first-order valence-corrected chi connectivity index (χ1v) is 4.72. The molecule has 0 fully saturated rings. The van der Waals surface area contributed by atoms with Crippen LogP contribution in [0.3, 0.4) is 0 Å². The van der Waals surface area contributed by atoms with Crippen LogP contribution in [0.25, 0.3) is 10.1 Å². The summed E-state index contributed by atoms with van der Waals surface area (Å²) in [7, 11) is 0. The van der Waals surface area contributed by atoms with E-state index in [0.717, 1.165) is 11.8 Å². The number of fused-ring (bicyclic) bond motifs is 1. The van der Waals surface area contributed by atoms with Gasteiger partial charge in [-0.2, -0.15) is 4.37 Å². The lowest BCUT2D eigenvalue weighted by Gasteiger charge is -1.95. The third kappa shape index (κ3) is 1.06. The van der Waals surface area contributed by atoms with Crippen molar-refractivity contribution in [1.29, 1.82) is 0 Å². The van der Waals surface area contributed by atoms with E-state index < -0.39 is 0 Å². The third-order valence-electron chi connectivity index (χ3n) is 1.97. The van der Waals surface area contributed by atoms with Crippen LogP contribution < -0.4 is 5.73 Å². The van der Waals surface area contributed by atoms with Gasteiger partial charge in [0.05, 0.1) is 4.70 Å². The minimum atomic E-state index is 0.658. The highest BCUT2D eigenvalue weighted by molar-refractivity contribution is 7.13. The molecule has 0 radical (unpaired) electrons. The Labute approximate surface area is 75.2 Å². The number of rotatable bonds is 1. The summed E-state index contributed by atoms with van der Waals surface area (Å²) in [5.41, 5.74) is 7.01. The van der Waals surface area contributed by atoms with Crippen molar-refractivity contribution >= 4 is 27.4 Å². The zero-order valence-corrected chi connectivity index (χ0v) is 7.69. The van der Waals surface area contributed by atoms with Gasteiger partial charge in [0.25, 0.3) is 0 Å². The number of aryl methyl sites for hydroxylation is 1. The van der Waals surface area contributed by atoms with Crippen molar-refractivity contribution < 1.29 is 0 Å². The minimum Gasteiger partial charge on any atom is -0.382 e. The highest BCUT2D eigenvalue weighted by atomic mass is 32.1. The summed E-state index contributed by atoms with van der Waals surface area (Å²) in [5.74, 6) is 0.658. The van der Waals surface area contributed by atoms with Gasteiger partial charge >= 0.3 is 0 Å². The van der Waals surface area contributed by atoms with E-state index in [1.807, 2.05) is 0 Å². The van der Waals surface area contributed by atoms with Crippen LogP contribution in [0.1, 0.15) is 12.5 Å². The number of benzene rings is 1. The molecule has 62 valence electrons. The van der Waals surface area contributed by atoms with E-state index in [9.17, 15) is 0 Å². The van der Waals surface area contributed by atoms with Gasteiger partial charge in [0, 0.05) is 5.39 Å². The molecular formula is C9H10N2S. The Hall–Kier alpha value is -1.09. The number of nitrogen functional groups attached to an aromatic ring is 1. The monoisotopic (exact) mass is 178 g/mol. The lowest BCUT2D eigenvalue weighted by atomic mass is 10.1. The van der Waals surface area contributed by atoms with Crippen LogP contribution in [0.15, 0.2) is 18.2 Å². The Balaban J connectivity index is 2.71. The second-order valence-corrected chi connectivity index (χ2v) is 3.56. The van der Waals surface area contributed by atoms with E-state index in [4.69, 9.17) is 5.73 Å². The number of anilines is 1. The molecule has 1 aromatic carbocycles. The van der Waals surface area contributed by atoms with Crippen LogP contribution in [0, 0.1) is 0 Å². The Morgan fingerprint density at radius 2 is 2.33 bits per heavy atom. The summed E-state index contributed by atoms with van der Waals surface area (Å²) in [6.45, 7) is 2.14. The predicted molar refractivity (Wildman–Crippen MR) is 53.4 cm³/mol. The molecule has 0 aliphatic rings. The smallest absolute Gasteiger partial charge is 0.144 e. The van der Waals surface area contributed by atoms with Crippen molar-refractivity contribution in [2.75, 3.05) is 5.73 Å². The van der Waals surface area contributed by atoms with Gasteiger partial charge in [0.2, 0.25) is 0 Å². The van der Waals surface area contributed by atoms with Gasteiger partial charge in [-0.05, 0) is 35.6 Å². The van der Waals surface area contributed by atoms with E-state index >= 15 is 0 Å². The SMILES string of the molecule is CCc1ccc2snc(N)c2c1. The van der Waals surface area contributed by atoms with Crippen molar-refractivity contribution in [1.82, 2.24) is 4.37 Å². The molecule has 0 saturated carbocycles. The van der Waals surface area contributed by atoms with Gasteiger partial charge in [0.15, 0.2) is 0 Å². The first kappa shape index (κ1) is 7.55. The molecular weight excluding hydrogens is 168 g/mol. The van der Waals surface area contributed by atoms with E-state index in [0.29, 0.717) is 5.82 Å². The summed E-state index contributed by atoms with van der Waals surface area (Å²) < 4.78 is 5.26. The van der Waals surface area contributed by atoms with Crippen LogP contribution in [0.4, 0.5) is 5.82 Å². The zero-order valence-electron chi connectivity index (χ0n) is 6.87. The summed E-state index contributed by atoms with van der Waals surface area (Å²) >= 11 is 1.46. The number of nitrogens with two attached hydrogens (primary N) is 1. The summed E-state index contributed by atoms with van der Waals surface area (Å²) in [6, 6.07) is 6.33. The molecule has 0 bridgehead atoms. The van der Waals surface area contributed by atoms with Gasteiger partial charge in [-0.3, -0.25) is 0 Å². The fraction of sp³-hybridized carbons (Fsp3) is 0.222. The summed E-state index contributed by atoms with van der Waals surface area (Å²) in [5, 5.41) is 1.10. The lowest BCUT2D eigenvalue weighted by Crippen LogP contribution is -1.84. The van der Waals surface area contributed by atoms with Gasteiger partial charge in [0.1, 0.15) is 5.82 Å². The number of hydrogen-bond donors (Lipinski definition) is 1. The van der Waals surface area contributed by atoms with Gasteiger partial charge in [-0.15, -0.1) is 0 Å². The second kappa shape index (κ2) is 2.75. The average molecular weight is 178 g/mol. The molecule has 1 heterocycles. The predicted octanol–water partition coefficient (Wildman–Crippen LogP) is 2.44. The highest BCUT2D eigenvalue weighted by Crippen LogP contribution is 2.25. The van der Waals surface area contributed by atoms with Crippen LogP contribution in [0.5, 0.6) is 0 Å². The fourth-order valence-corrected chi connectivity index (χ4v) is 1.91. The quantitative estimate of drug-likeness (QED) is 0.728. The fourth-order valence-electron chi connectivity index (χ4n) is 1.22. The van der Waals surface area contributed by atoms with E-state index in [-0.39, 0.29) is 0 Å². The van der Waals surface area contributed by atoms with E-state index in [1.165, 1.54) is 21.8 Å². The number of nitrogens with zero attached hydrogens (tertiary/aromatic N) is 1. The molecule has 0 aliphatic heterocycles. The summed E-state index contributed by atoms with van der Waals surface area (Å²) in [6.07, 6.45) is 1.05. The Bertz CT molecular complexity index is 406. The van der Waals surface area contributed by atoms with Gasteiger partial charge in [-0.1, -0.05) is 13.0 Å². The molecule has 0 amide bonds. The van der Waals surface area contributed by atoms with Crippen molar-refractivity contribution in [3.05, 3.63) is 23.8 Å². The Morgan fingerprint density at radius 1 is 1.50 bits per heavy atom. The Kier molecular flexibility index (Phi) is 1.73. The normalized spacial score (nSPS) is 10.8. The molecule has 2 aromatic rings.